The number of nitrogens with two attached hydrogens (primary N) is 1. The molecule has 1 saturated carbocycles. The Hall–Kier alpha value is -1.51. The summed E-state index contributed by atoms with van der Waals surface area (Å²) in [5.74, 6) is -0.231. The summed E-state index contributed by atoms with van der Waals surface area (Å²) in [6.45, 7) is 6.77. The fraction of sp³-hybridized carbons (Fsp3) is 0.870. The van der Waals surface area contributed by atoms with Crippen LogP contribution < -0.4 is 21.7 Å². The molecule has 0 aromatic carbocycles. The Labute approximate surface area is 186 Å². The van der Waals surface area contributed by atoms with Crippen molar-refractivity contribution in [3.63, 3.8) is 0 Å². The Morgan fingerprint density at radius 3 is 2.29 bits per heavy atom. The van der Waals surface area contributed by atoms with Crippen molar-refractivity contribution in [1.82, 2.24) is 16.0 Å². The molecule has 0 spiro atoms. The van der Waals surface area contributed by atoms with E-state index >= 15 is 0 Å². The molecular weight excluding hydrogens is 396 g/mol. The van der Waals surface area contributed by atoms with Crippen molar-refractivity contribution in [2.75, 3.05) is 19.6 Å². The fourth-order valence-electron chi connectivity index (χ4n) is 4.93. The molecule has 2 fully saturated rings. The lowest BCUT2D eigenvalue weighted by molar-refractivity contribution is -0.136. The molecule has 178 valence electrons. The zero-order chi connectivity index (χ0) is 23.0. The second kappa shape index (κ2) is 12.5. The standard InChI is InChI=1S/C23H42N4O4/c1-14(2)21(29)19(9-10-24)26-23(31)20(15(3)28)27-22(30)18-11-17(12-25-13-18)16-7-5-4-6-8-16/h14-20,25,28H,4-13,24H2,1-3H3,(H,26,31)(H,27,30)/t15-,17?,18?,19-,20-/m0/s1. The molecule has 0 aromatic heterocycles. The van der Waals surface area contributed by atoms with Crippen molar-refractivity contribution in [1.29, 1.82) is 0 Å². The summed E-state index contributed by atoms with van der Waals surface area (Å²) in [6, 6.07) is -1.83. The van der Waals surface area contributed by atoms with Gasteiger partial charge in [-0.1, -0.05) is 46.0 Å². The van der Waals surface area contributed by atoms with Gasteiger partial charge in [-0.2, -0.15) is 0 Å². The highest BCUT2D eigenvalue weighted by atomic mass is 16.3. The third-order valence-corrected chi connectivity index (χ3v) is 6.82. The van der Waals surface area contributed by atoms with Gasteiger partial charge in [0.15, 0.2) is 5.78 Å². The molecule has 2 rings (SSSR count). The molecule has 2 amide bonds. The van der Waals surface area contributed by atoms with Crippen LogP contribution in [0.4, 0.5) is 0 Å². The largest absolute Gasteiger partial charge is 0.391 e. The van der Waals surface area contributed by atoms with Crippen molar-refractivity contribution in [3.05, 3.63) is 0 Å². The van der Waals surface area contributed by atoms with Gasteiger partial charge in [0.2, 0.25) is 11.8 Å². The number of piperidine rings is 1. The third kappa shape index (κ3) is 7.54. The molecule has 8 nitrogen and oxygen atoms in total. The van der Waals surface area contributed by atoms with Crippen LogP contribution in [0.5, 0.6) is 0 Å². The second-order valence-corrected chi connectivity index (χ2v) is 9.67. The normalized spacial score (nSPS) is 25.5. The van der Waals surface area contributed by atoms with Crippen LogP contribution in [0.15, 0.2) is 0 Å². The van der Waals surface area contributed by atoms with Crippen molar-refractivity contribution >= 4 is 17.6 Å². The molecule has 1 aliphatic carbocycles. The Kier molecular flexibility index (Phi) is 10.4. The second-order valence-electron chi connectivity index (χ2n) is 9.67. The highest BCUT2D eigenvalue weighted by Gasteiger charge is 2.35. The molecule has 6 N–H and O–H groups in total. The number of amides is 2. The molecular formula is C23H42N4O4. The zero-order valence-electron chi connectivity index (χ0n) is 19.4. The third-order valence-electron chi connectivity index (χ3n) is 6.82. The fourth-order valence-corrected chi connectivity index (χ4v) is 4.93. The van der Waals surface area contributed by atoms with E-state index in [2.05, 4.69) is 16.0 Å². The SMILES string of the molecule is CC(C)C(=O)[C@H](CCN)NC(=O)[C@@H](NC(=O)C1CNCC(C2CCCCC2)C1)[C@H](C)O. The lowest BCUT2D eigenvalue weighted by Gasteiger charge is -2.37. The molecule has 2 unspecified atom stereocenters. The number of hydrogen-bond acceptors (Lipinski definition) is 6. The van der Waals surface area contributed by atoms with Gasteiger partial charge in [0, 0.05) is 12.5 Å². The maximum atomic E-state index is 13.0. The van der Waals surface area contributed by atoms with Gasteiger partial charge in [0.1, 0.15) is 6.04 Å². The lowest BCUT2D eigenvalue weighted by atomic mass is 9.74. The van der Waals surface area contributed by atoms with Crippen molar-refractivity contribution in [2.45, 2.75) is 83.9 Å². The number of aliphatic hydroxyl groups is 1. The van der Waals surface area contributed by atoms with Gasteiger partial charge in [-0.3, -0.25) is 14.4 Å². The van der Waals surface area contributed by atoms with Crippen LogP contribution in [0.3, 0.4) is 0 Å². The van der Waals surface area contributed by atoms with Gasteiger partial charge in [-0.15, -0.1) is 0 Å². The first kappa shape index (κ1) is 25.7. The monoisotopic (exact) mass is 438 g/mol. The van der Waals surface area contributed by atoms with Crippen LogP contribution in [0.2, 0.25) is 0 Å². The highest BCUT2D eigenvalue weighted by molar-refractivity contribution is 5.94. The maximum absolute atomic E-state index is 13.0. The first-order chi connectivity index (χ1) is 14.7. The van der Waals surface area contributed by atoms with Gasteiger partial charge < -0.3 is 26.8 Å². The molecule has 5 atom stereocenters. The summed E-state index contributed by atoms with van der Waals surface area (Å²) >= 11 is 0. The number of hydrogen-bond donors (Lipinski definition) is 5. The number of carbonyl (C=O) groups excluding carboxylic acids is 3. The number of nitrogens with one attached hydrogen (secondary N) is 3. The predicted molar refractivity (Wildman–Crippen MR) is 120 cm³/mol. The van der Waals surface area contributed by atoms with Gasteiger partial charge >= 0.3 is 0 Å². The minimum atomic E-state index is -1.11. The summed E-state index contributed by atoms with van der Waals surface area (Å²) in [5, 5.41) is 19.0. The van der Waals surface area contributed by atoms with E-state index in [0.717, 1.165) is 13.0 Å². The average molecular weight is 439 g/mol. The van der Waals surface area contributed by atoms with E-state index in [0.29, 0.717) is 24.8 Å². The van der Waals surface area contributed by atoms with Crippen molar-refractivity contribution in [3.8, 4) is 0 Å². The summed E-state index contributed by atoms with van der Waals surface area (Å²) in [5.41, 5.74) is 5.60. The zero-order valence-corrected chi connectivity index (χ0v) is 19.4. The van der Waals surface area contributed by atoms with Crippen molar-refractivity contribution < 1.29 is 19.5 Å². The van der Waals surface area contributed by atoms with E-state index < -0.39 is 24.1 Å². The van der Waals surface area contributed by atoms with Gasteiger partial charge in [0.25, 0.3) is 0 Å². The number of aliphatic hydroxyl groups excluding tert-OH is 1. The first-order valence-electron chi connectivity index (χ1n) is 12.0. The molecule has 31 heavy (non-hydrogen) atoms. The predicted octanol–water partition coefficient (Wildman–Crippen LogP) is 0.717. The number of ketones is 1. The molecule has 0 aromatic rings. The van der Waals surface area contributed by atoms with Crippen LogP contribution in [0.25, 0.3) is 0 Å². The van der Waals surface area contributed by atoms with E-state index in [1.807, 2.05) is 0 Å². The highest BCUT2D eigenvalue weighted by Crippen LogP contribution is 2.34. The topological polar surface area (TPSA) is 134 Å². The Morgan fingerprint density at radius 1 is 1.03 bits per heavy atom. The number of carbonyl (C=O) groups is 3. The van der Waals surface area contributed by atoms with Crippen LogP contribution in [0.1, 0.15) is 65.7 Å². The van der Waals surface area contributed by atoms with Gasteiger partial charge in [-0.05, 0) is 44.7 Å². The van der Waals surface area contributed by atoms with Crippen LogP contribution in [0, 0.1) is 23.7 Å². The Morgan fingerprint density at radius 2 is 1.71 bits per heavy atom. The summed E-state index contributed by atoms with van der Waals surface area (Å²) in [4.78, 5) is 38.2. The Balaban J connectivity index is 1.98. The van der Waals surface area contributed by atoms with E-state index in [1.54, 1.807) is 13.8 Å². The quantitative estimate of drug-likeness (QED) is 0.341. The van der Waals surface area contributed by atoms with E-state index in [4.69, 9.17) is 5.73 Å². The van der Waals surface area contributed by atoms with E-state index in [9.17, 15) is 19.5 Å². The summed E-state index contributed by atoms with van der Waals surface area (Å²) in [6.07, 6.45) is 6.33. The Bertz CT molecular complexity index is 604. The van der Waals surface area contributed by atoms with Crippen molar-refractivity contribution in [2.24, 2.45) is 29.4 Å². The maximum Gasteiger partial charge on any atom is 0.245 e. The number of Topliss-reactive ketones (excluding diaryl/α,β-unsaturated/α-hetero) is 1. The van der Waals surface area contributed by atoms with Crippen LogP contribution in [-0.2, 0) is 14.4 Å². The van der Waals surface area contributed by atoms with E-state index in [1.165, 1.54) is 39.0 Å². The summed E-state index contributed by atoms with van der Waals surface area (Å²) in [7, 11) is 0. The minimum absolute atomic E-state index is 0.110. The number of rotatable bonds is 10. The summed E-state index contributed by atoms with van der Waals surface area (Å²) < 4.78 is 0. The smallest absolute Gasteiger partial charge is 0.245 e. The lowest BCUT2D eigenvalue weighted by Crippen LogP contribution is -2.58. The van der Waals surface area contributed by atoms with Gasteiger partial charge in [0.05, 0.1) is 18.1 Å². The molecule has 0 bridgehead atoms. The molecule has 1 saturated heterocycles. The molecule has 8 heteroatoms. The van der Waals surface area contributed by atoms with Crippen LogP contribution >= 0.6 is 0 Å². The minimum Gasteiger partial charge on any atom is -0.391 e. The molecule has 0 radical (unpaired) electrons. The average Bonchev–Trinajstić information content (AvgIpc) is 2.76. The molecule has 1 aliphatic heterocycles. The molecule has 1 heterocycles. The first-order valence-corrected chi connectivity index (χ1v) is 12.0. The molecule has 2 aliphatic rings. The van der Waals surface area contributed by atoms with Crippen LogP contribution in [-0.4, -0.2) is 60.5 Å². The van der Waals surface area contributed by atoms with E-state index in [-0.39, 0.29) is 30.1 Å². The van der Waals surface area contributed by atoms with Gasteiger partial charge in [-0.25, -0.2) is 0 Å².